The van der Waals surface area contributed by atoms with Crippen LogP contribution in [0.25, 0.3) is 10.8 Å². The zero-order chi connectivity index (χ0) is 20.2. The van der Waals surface area contributed by atoms with Crippen LogP contribution >= 0.6 is 0 Å². The number of benzene rings is 3. The topological polar surface area (TPSA) is 47.3 Å². The number of hydrogen-bond acceptors (Lipinski definition) is 3. The minimum absolute atomic E-state index is 0.0510. The molecule has 3 aromatic carbocycles. The number of carbonyl (C=O) groups excluding carboxylic acids is 1. The van der Waals surface area contributed by atoms with Crippen LogP contribution in [-0.4, -0.2) is 37.0 Å². The molecule has 0 saturated carbocycles. The quantitative estimate of drug-likeness (QED) is 0.679. The number of amides is 1. The molecule has 1 saturated heterocycles. The molecule has 3 aromatic rings. The average molecular weight is 383 g/mol. The van der Waals surface area contributed by atoms with Gasteiger partial charge in [-0.1, -0.05) is 60.7 Å². The van der Waals surface area contributed by atoms with Crippen LogP contribution in [0.4, 0.5) is 5.69 Å². The summed E-state index contributed by atoms with van der Waals surface area (Å²) in [4.78, 5) is 17.2. The van der Waals surface area contributed by atoms with Gasteiger partial charge in [-0.3, -0.25) is 4.79 Å². The number of nitriles is 1. The maximum Gasteiger partial charge on any atom is 0.240 e. The molecule has 0 aliphatic carbocycles. The second-order valence-electron chi connectivity index (χ2n) is 7.62. The lowest BCUT2D eigenvalue weighted by Crippen LogP contribution is -2.50. The molecule has 4 nitrogen and oxygen atoms in total. The third kappa shape index (κ3) is 3.95. The molecule has 1 unspecified atom stereocenters. The fourth-order valence-electron chi connectivity index (χ4n) is 4.18. The van der Waals surface area contributed by atoms with Crippen LogP contribution in [0.1, 0.15) is 11.1 Å². The zero-order valence-corrected chi connectivity index (χ0v) is 16.7. The first-order valence-corrected chi connectivity index (χ1v) is 10.1. The first kappa shape index (κ1) is 19.0. The van der Waals surface area contributed by atoms with Gasteiger partial charge in [-0.25, -0.2) is 0 Å². The molecule has 1 amide bonds. The van der Waals surface area contributed by atoms with Crippen molar-refractivity contribution >= 4 is 22.4 Å². The van der Waals surface area contributed by atoms with Crippen molar-refractivity contribution in [1.29, 1.82) is 5.26 Å². The summed E-state index contributed by atoms with van der Waals surface area (Å²) in [5.41, 5.74) is 3.53. The van der Waals surface area contributed by atoms with Crippen molar-refractivity contribution in [3.63, 3.8) is 0 Å². The van der Waals surface area contributed by atoms with E-state index in [0.29, 0.717) is 19.5 Å². The molecule has 0 spiro atoms. The van der Waals surface area contributed by atoms with Gasteiger partial charge in [0, 0.05) is 31.9 Å². The van der Waals surface area contributed by atoms with E-state index in [0.717, 1.165) is 29.4 Å². The fourth-order valence-corrected chi connectivity index (χ4v) is 4.18. The van der Waals surface area contributed by atoms with E-state index in [4.69, 9.17) is 0 Å². The minimum atomic E-state index is -0.647. The van der Waals surface area contributed by atoms with E-state index in [-0.39, 0.29) is 5.91 Å². The molecule has 1 fully saturated rings. The number of aryl methyl sites for hydroxylation is 1. The van der Waals surface area contributed by atoms with Crippen molar-refractivity contribution in [3.05, 3.63) is 77.9 Å². The van der Waals surface area contributed by atoms with Crippen molar-refractivity contribution in [1.82, 2.24) is 4.90 Å². The van der Waals surface area contributed by atoms with Crippen molar-refractivity contribution in [3.8, 4) is 6.07 Å². The molecule has 1 aliphatic heterocycles. The van der Waals surface area contributed by atoms with Gasteiger partial charge in [0.15, 0.2) is 0 Å². The molecule has 4 rings (SSSR count). The molecule has 1 atom stereocenters. The molecule has 4 heteroatoms. The third-order valence-electron chi connectivity index (χ3n) is 5.81. The highest BCUT2D eigenvalue weighted by Gasteiger charge is 2.28. The fraction of sp³-hybridized carbons (Fsp3) is 0.280. The van der Waals surface area contributed by atoms with Crippen LogP contribution in [0.15, 0.2) is 66.7 Å². The van der Waals surface area contributed by atoms with E-state index >= 15 is 0 Å². The van der Waals surface area contributed by atoms with Crippen LogP contribution in [0.2, 0.25) is 0 Å². The lowest BCUT2D eigenvalue weighted by molar-refractivity contribution is -0.134. The number of para-hydroxylation sites is 1. The minimum Gasteiger partial charge on any atom is -0.368 e. The van der Waals surface area contributed by atoms with E-state index in [1.54, 1.807) is 0 Å². The van der Waals surface area contributed by atoms with Gasteiger partial charge in [0.05, 0.1) is 6.07 Å². The van der Waals surface area contributed by atoms with E-state index in [1.165, 1.54) is 11.3 Å². The van der Waals surface area contributed by atoms with Gasteiger partial charge in [-0.05, 0) is 41.3 Å². The Bertz CT molecular complexity index is 1060. The zero-order valence-electron chi connectivity index (χ0n) is 16.7. The second kappa shape index (κ2) is 8.36. The van der Waals surface area contributed by atoms with Crippen molar-refractivity contribution in [2.45, 2.75) is 13.3 Å². The van der Waals surface area contributed by atoms with Crippen molar-refractivity contribution in [2.24, 2.45) is 5.92 Å². The maximum absolute atomic E-state index is 13.1. The summed E-state index contributed by atoms with van der Waals surface area (Å²) in [6, 6.07) is 24.8. The van der Waals surface area contributed by atoms with Crippen LogP contribution in [0.3, 0.4) is 0 Å². The highest BCUT2D eigenvalue weighted by molar-refractivity contribution is 5.87. The number of carbonyl (C=O) groups is 1. The molecule has 1 aliphatic rings. The van der Waals surface area contributed by atoms with E-state index in [1.807, 2.05) is 35.2 Å². The van der Waals surface area contributed by atoms with Crippen LogP contribution in [0.5, 0.6) is 0 Å². The lowest BCUT2D eigenvalue weighted by atomic mass is 9.94. The average Bonchev–Trinajstić information content (AvgIpc) is 2.77. The normalized spacial score (nSPS) is 15.2. The van der Waals surface area contributed by atoms with Crippen LogP contribution in [-0.2, 0) is 11.2 Å². The van der Waals surface area contributed by atoms with E-state index in [2.05, 4.69) is 54.3 Å². The van der Waals surface area contributed by atoms with Gasteiger partial charge in [0.25, 0.3) is 0 Å². The third-order valence-corrected chi connectivity index (χ3v) is 5.81. The molecule has 0 N–H and O–H groups in total. The van der Waals surface area contributed by atoms with Crippen molar-refractivity contribution in [2.75, 3.05) is 31.1 Å². The Kier molecular flexibility index (Phi) is 5.48. The number of nitrogens with zero attached hydrogens (tertiary/aromatic N) is 3. The number of hydrogen-bond donors (Lipinski definition) is 0. The number of rotatable bonds is 4. The summed E-state index contributed by atoms with van der Waals surface area (Å²) in [6.45, 7) is 5.01. The molecular formula is C25H25N3O. The number of piperazine rings is 1. The highest BCUT2D eigenvalue weighted by atomic mass is 16.2. The van der Waals surface area contributed by atoms with Gasteiger partial charge in [0.1, 0.15) is 5.92 Å². The predicted octanol–water partition coefficient (Wildman–Crippen LogP) is 4.18. The summed E-state index contributed by atoms with van der Waals surface area (Å²) in [5.74, 6) is -0.698. The van der Waals surface area contributed by atoms with Gasteiger partial charge < -0.3 is 9.80 Å². The lowest BCUT2D eigenvalue weighted by Gasteiger charge is -2.37. The van der Waals surface area contributed by atoms with Crippen LogP contribution in [0, 0.1) is 24.2 Å². The second-order valence-corrected chi connectivity index (χ2v) is 7.62. The Balaban J connectivity index is 1.45. The van der Waals surface area contributed by atoms with Crippen molar-refractivity contribution < 1.29 is 4.79 Å². The molecule has 0 bridgehead atoms. The summed E-state index contributed by atoms with van der Waals surface area (Å²) in [5, 5.41) is 12.0. The highest BCUT2D eigenvalue weighted by Crippen LogP contribution is 2.24. The number of fused-ring (bicyclic) bond motifs is 1. The Morgan fingerprint density at radius 1 is 0.966 bits per heavy atom. The molecule has 0 radical (unpaired) electrons. The number of anilines is 1. The van der Waals surface area contributed by atoms with Gasteiger partial charge in [-0.2, -0.15) is 5.26 Å². The smallest absolute Gasteiger partial charge is 0.240 e. The summed E-state index contributed by atoms with van der Waals surface area (Å²) < 4.78 is 0. The van der Waals surface area contributed by atoms with Gasteiger partial charge >= 0.3 is 0 Å². The van der Waals surface area contributed by atoms with Gasteiger partial charge in [0.2, 0.25) is 5.91 Å². The Labute approximate surface area is 172 Å². The molecule has 146 valence electrons. The van der Waals surface area contributed by atoms with E-state index < -0.39 is 5.92 Å². The summed E-state index contributed by atoms with van der Waals surface area (Å²) >= 11 is 0. The molecular weight excluding hydrogens is 358 g/mol. The Morgan fingerprint density at radius 2 is 1.66 bits per heavy atom. The van der Waals surface area contributed by atoms with Crippen LogP contribution < -0.4 is 4.90 Å². The first-order chi connectivity index (χ1) is 14.2. The molecule has 0 aromatic heterocycles. The monoisotopic (exact) mass is 383 g/mol. The Hall–Kier alpha value is -3.32. The standard InChI is InChI=1S/C25H25N3O/c1-19-7-2-5-12-24(19)27-13-15-28(16-14-27)25(29)22(18-26)17-21-10-6-9-20-8-3-4-11-23(20)21/h2-12,22H,13-17H2,1H3. The van der Waals surface area contributed by atoms with Gasteiger partial charge in [-0.15, -0.1) is 0 Å². The summed E-state index contributed by atoms with van der Waals surface area (Å²) in [6.07, 6.45) is 0.453. The van der Waals surface area contributed by atoms with E-state index in [9.17, 15) is 10.1 Å². The molecule has 1 heterocycles. The Morgan fingerprint density at radius 3 is 2.41 bits per heavy atom. The first-order valence-electron chi connectivity index (χ1n) is 10.1. The maximum atomic E-state index is 13.1. The molecule has 29 heavy (non-hydrogen) atoms. The predicted molar refractivity (Wildman–Crippen MR) is 117 cm³/mol. The largest absolute Gasteiger partial charge is 0.368 e. The SMILES string of the molecule is Cc1ccccc1N1CCN(C(=O)C(C#N)Cc2cccc3ccccc23)CC1. The summed E-state index contributed by atoms with van der Waals surface area (Å²) in [7, 11) is 0.